The molecular weight excluding hydrogens is 362 g/mol. The molecule has 3 heterocycles. The van der Waals surface area contributed by atoms with E-state index in [1.54, 1.807) is 42.3 Å². The first-order valence-corrected chi connectivity index (χ1v) is 9.50. The number of rotatable bonds is 8. The summed E-state index contributed by atoms with van der Waals surface area (Å²) >= 11 is 0. The number of aryl methyl sites for hydroxylation is 1. The van der Waals surface area contributed by atoms with E-state index < -0.39 is 0 Å². The van der Waals surface area contributed by atoms with Crippen molar-refractivity contribution in [2.75, 3.05) is 33.4 Å². The molecule has 1 saturated heterocycles. The summed E-state index contributed by atoms with van der Waals surface area (Å²) in [4.78, 5) is 31.0. The molecule has 0 aromatic carbocycles. The Morgan fingerprint density at radius 1 is 1.39 bits per heavy atom. The maximum absolute atomic E-state index is 12.7. The Balaban J connectivity index is 1.49. The van der Waals surface area contributed by atoms with Gasteiger partial charge >= 0.3 is 6.03 Å². The number of nitrogens with zero attached hydrogens (tertiary/aromatic N) is 6. The number of amides is 2. The third-order valence-corrected chi connectivity index (χ3v) is 4.98. The molecule has 1 aliphatic heterocycles. The van der Waals surface area contributed by atoms with Crippen LogP contribution in [-0.4, -0.2) is 74.4 Å². The summed E-state index contributed by atoms with van der Waals surface area (Å²) < 4.78 is 8.71. The standard InChI is InChI=1S/C18H27N7O3/c1-23-9-7-19-17(23)16(26)14-4-3-8-24(12-14)18(27)20-6-5-15-22-21-13-25(15)10-11-28-2/h7,9,13-14H,3-6,8,10-12H2,1-2H3,(H,20,27)/t14-/m1/s1. The number of carbonyl (C=O) groups is 2. The maximum atomic E-state index is 12.7. The molecule has 10 heteroatoms. The van der Waals surface area contributed by atoms with Crippen LogP contribution >= 0.6 is 0 Å². The molecular formula is C18H27N7O3. The number of methoxy groups -OCH3 is 1. The van der Waals surface area contributed by atoms with E-state index >= 15 is 0 Å². The van der Waals surface area contributed by atoms with Gasteiger partial charge in [0.2, 0.25) is 5.78 Å². The van der Waals surface area contributed by atoms with Crippen molar-refractivity contribution >= 4 is 11.8 Å². The third-order valence-electron chi connectivity index (χ3n) is 4.98. The van der Waals surface area contributed by atoms with Crippen molar-refractivity contribution in [1.29, 1.82) is 0 Å². The molecule has 1 fully saturated rings. The monoisotopic (exact) mass is 389 g/mol. The van der Waals surface area contributed by atoms with E-state index in [4.69, 9.17) is 4.74 Å². The van der Waals surface area contributed by atoms with Gasteiger partial charge in [0.05, 0.1) is 6.61 Å². The first-order valence-electron chi connectivity index (χ1n) is 9.50. The molecule has 2 aromatic heterocycles. The van der Waals surface area contributed by atoms with Gasteiger partial charge in [-0.15, -0.1) is 10.2 Å². The van der Waals surface area contributed by atoms with Crippen LogP contribution in [0.5, 0.6) is 0 Å². The quantitative estimate of drug-likeness (QED) is 0.659. The Hall–Kier alpha value is -2.75. The van der Waals surface area contributed by atoms with E-state index in [0.717, 1.165) is 18.7 Å². The van der Waals surface area contributed by atoms with Crippen LogP contribution in [0.25, 0.3) is 0 Å². The zero-order valence-corrected chi connectivity index (χ0v) is 16.4. The summed E-state index contributed by atoms with van der Waals surface area (Å²) in [6.45, 7) is 2.78. The Kier molecular flexibility index (Phi) is 6.75. The van der Waals surface area contributed by atoms with Crippen molar-refractivity contribution in [3.63, 3.8) is 0 Å². The first-order chi connectivity index (χ1) is 13.6. The zero-order valence-electron chi connectivity index (χ0n) is 16.4. The normalized spacial score (nSPS) is 16.9. The van der Waals surface area contributed by atoms with E-state index in [2.05, 4.69) is 20.5 Å². The van der Waals surface area contributed by atoms with Crippen molar-refractivity contribution in [1.82, 2.24) is 34.5 Å². The lowest BCUT2D eigenvalue weighted by molar-refractivity contribution is 0.0832. The predicted octanol–water partition coefficient (Wildman–Crippen LogP) is 0.505. The highest BCUT2D eigenvalue weighted by atomic mass is 16.5. The van der Waals surface area contributed by atoms with Crippen LogP contribution in [0.1, 0.15) is 29.3 Å². The third kappa shape index (κ3) is 4.75. The Labute approximate surface area is 163 Å². The minimum atomic E-state index is -0.210. The lowest BCUT2D eigenvalue weighted by Crippen LogP contribution is -2.47. The number of imidazole rings is 1. The highest BCUT2D eigenvalue weighted by molar-refractivity contribution is 5.95. The van der Waals surface area contributed by atoms with E-state index in [-0.39, 0.29) is 17.7 Å². The number of likely N-dealkylation sites (tertiary alicyclic amines) is 1. The molecule has 1 aliphatic rings. The predicted molar refractivity (Wildman–Crippen MR) is 101 cm³/mol. The van der Waals surface area contributed by atoms with E-state index in [0.29, 0.717) is 45.0 Å². The number of aromatic nitrogens is 5. The molecule has 152 valence electrons. The van der Waals surface area contributed by atoms with E-state index in [9.17, 15) is 9.59 Å². The van der Waals surface area contributed by atoms with Gasteiger partial charge in [-0.1, -0.05) is 0 Å². The summed E-state index contributed by atoms with van der Waals surface area (Å²) in [5.74, 6) is 1.04. The molecule has 28 heavy (non-hydrogen) atoms. The molecule has 0 radical (unpaired) electrons. The van der Waals surface area contributed by atoms with Crippen molar-refractivity contribution in [3.8, 4) is 0 Å². The van der Waals surface area contributed by atoms with E-state index in [1.165, 1.54) is 0 Å². The Morgan fingerprint density at radius 2 is 2.25 bits per heavy atom. The second-order valence-electron chi connectivity index (χ2n) is 6.93. The lowest BCUT2D eigenvalue weighted by atomic mass is 9.93. The number of ether oxygens (including phenoxy) is 1. The van der Waals surface area contributed by atoms with Gasteiger partial charge in [0, 0.05) is 65.1 Å². The summed E-state index contributed by atoms with van der Waals surface area (Å²) in [7, 11) is 3.45. The molecule has 1 N–H and O–H groups in total. The molecule has 0 bridgehead atoms. The second-order valence-corrected chi connectivity index (χ2v) is 6.93. The second kappa shape index (κ2) is 9.45. The summed E-state index contributed by atoms with van der Waals surface area (Å²) in [6, 6.07) is -0.153. The van der Waals surface area contributed by atoms with Gasteiger partial charge in [0.15, 0.2) is 5.82 Å². The van der Waals surface area contributed by atoms with Crippen molar-refractivity contribution in [3.05, 3.63) is 30.4 Å². The van der Waals surface area contributed by atoms with Gasteiger partial charge in [0.1, 0.15) is 12.2 Å². The van der Waals surface area contributed by atoms with Crippen molar-refractivity contribution < 1.29 is 14.3 Å². The number of hydrogen-bond donors (Lipinski definition) is 1. The van der Waals surface area contributed by atoms with Crippen LogP contribution in [0.4, 0.5) is 4.79 Å². The SMILES string of the molecule is COCCn1cnnc1CCNC(=O)N1CCC[C@@H](C(=O)c2nccn2C)C1. The van der Waals surface area contributed by atoms with Gasteiger partial charge < -0.3 is 24.1 Å². The highest BCUT2D eigenvalue weighted by Gasteiger charge is 2.30. The average molecular weight is 389 g/mol. The molecule has 0 unspecified atom stereocenters. The number of ketones is 1. The fraction of sp³-hybridized carbons (Fsp3) is 0.611. The molecule has 1 atom stereocenters. The average Bonchev–Trinajstić information content (AvgIpc) is 3.34. The summed E-state index contributed by atoms with van der Waals surface area (Å²) in [6.07, 6.45) is 7.20. The number of hydrogen-bond acceptors (Lipinski definition) is 6. The molecule has 0 aliphatic carbocycles. The number of Topliss-reactive ketones (excluding diaryl/α,β-unsaturated/α-hetero) is 1. The van der Waals surface area contributed by atoms with Gasteiger partial charge in [-0.3, -0.25) is 4.79 Å². The lowest BCUT2D eigenvalue weighted by Gasteiger charge is -2.31. The highest BCUT2D eigenvalue weighted by Crippen LogP contribution is 2.20. The molecule has 2 aromatic rings. The zero-order chi connectivity index (χ0) is 19.9. The first kappa shape index (κ1) is 20.0. The maximum Gasteiger partial charge on any atom is 0.317 e. The van der Waals surface area contributed by atoms with Gasteiger partial charge in [-0.05, 0) is 12.8 Å². The number of nitrogens with one attached hydrogen (secondary N) is 1. The van der Waals surface area contributed by atoms with Crippen LogP contribution in [-0.2, 0) is 24.8 Å². The molecule has 0 saturated carbocycles. The van der Waals surface area contributed by atoms with Gasteiger partial charge in [-0.2, -0.15) is 0 Å². The number of carbonyl (C=O) groups excluding carboxylic acids is 2. The van der Waals surface area contributed by atoms with Crippen molar-refractivity contribution in [2.45, 2.75) is 25.8 Å². The minimum absolute atomic E-state index is 0.00348. The topological polar surface area (TPSA) is 107 Å². The number of urea groups is 1. The van der Waals surface area contributed by atoms with E-state index in [1.807, 2.05) is 4.57 Å². The van der Waals surface area contributed by atoms with Crippen LogP contribution < -0.4 is 5.32 Å². The van der Waals surface area contributed by atoms with Crippen LogP contribution in [0.3, 0.4) is 0 Å². The van der Waals surface area contributed by atoms with Crippen LogP contribution in [0, 0.1) is 5.92 Å². The molecule has 10 nitrogen and oxygen atoms in total. The molecule has 0 spiro atoms. The molecule has 2 amide bonds. The van der Waals surface area contributed by atoms with Gasteiger partial charge in [-0.25, -0.2) is 9.78 Å². The number of piperidine rings is 1. The minimum Gasteiger partial charge on any atom is -0.383 e. The largest absolute Gasteiger partial charge is 0.383 e. The summed E-state index contributed by atoms with van der Waals surface area (Å²) in [5.41, 5.74) is 0. The van der Waals surface area contributed by atoms with Gasteiger partial charge in [0.25, 0.3) is 0 Å². The Morgan fingerprint density at radius 3 is 3.00 bits per heavy atom. The summed E-state index contributed by atoms with van der Waals surface area (Å²) in [5, 5.41) is 10.9. The fourth-order valence-electron chi connectivity index (χ4n) is 3.40. The smallest absolute Gasteiger partial charge is 0.317 e. The Bertz CT molecular complexity index is 801. The van der Waals surface area contributed by atoms with Crippen LogP contribution in [0.2, 0.25) is 0 Å². The van der Waals surface area contributed by atoms with Crippen molar-refractivity contribution in [2.24, 2.45) is 13.0 Å². The fourth-order valence-corrected chi connectivity index (χ4v) is 3.40. The molecule has 3 rings (SSSR count). The van der Waals surface area contributed by atoms with Crippen LogP contribution in [0.15, 0.2) is 18.7 Å².